The van der Waals surface area contributed by atoms with Gasteiger partial charge in [-0.25, -0.2) is 4.98 Å². The number of nitrogens with zero attached hydrogens (tertiary/aromatic N) is 4. The summed E-state index contributed by atoms with van der Waals surface area (Å²) in [6, 6.07) is 8.45. The zero-order chi connectivity index (χ0) is 16.5. The Morgan fingerprint density at radius 1 is 1.21 bits per heavy atom. The van der Waals surface area contributed by atoms with Gasteiger partial charge in [-0.05, 0) is 24.3 Å². The minimum atomic E-state index is -0.472. The number of H-pyrrole nitrogens is 1. The topological polar surface area (TPSA) is 131 Å². The minimum absolute atomic E-state index is 0.106. The molecule has 0 bridgehead atoms. The summed E-state index contributed by atoms with van der Waals surface area (Å²) in [4.78, 5) is 15.1. The fourth-order valence-corrected chi connectivity index (χ4v) is 2.35. The number of anilines is 3. The summed E-state index contributed by atoms with van der Waals surface area (Å²) < 4.78 is 5.10. The van der Waals surface area contributed by atoms with Gasteiger partial charge in [0.1, 0.15) is 16.9 Å². The normalized spacial score (nSPS) is 14.3. The standard InChI is InChI=1S/C14H13N7O3/c22-21(23)12-3-4-13(15-9-6-24-7-9)17-14(12)16-8-1-2-10-11(5-8)19-20-18-10/h1-5,9H,6-7H2,(H2,15,16,17)(H,18,19,20). The monoisotopic (exact) mass is 327 g/mol. The maximum atomic E-state index is 11.2. The maximum Gasteiger partial charge on any atom is 0.311 e. The van der Waals surface area contributed by atoms with E-state index in [1.807, 2.05) is 0 Å². The van der Waals surface area contributed by atoms with Crippen molar-refractivity contribution in [1.82, 2.24) is 20.4 Å². The van der Waals surface area contributed by atoms with Crippen molar-refractivity contribution < 1.29 is 9.66 Å². The number of nitrogens with one attached hydrogen (secondary N) is 3. The van der Waals surface area contributed by atoms with Crippen molar-refractivity contribution >= 4 is 34.0 Å². The number of hydrogen-bond donors (Lipinski definition) is 3. The molecule has 1 saturated heterocycles. The summed E-state index contributed by atoms with van der Waals surface area (Å²) in [6.45, 7) is 1.20. The van der Waals surface area contributed by atoms with Crippen LogP contribution in [0.4, 0.5) is 23.0 Å². The predicted molar refractivity (Wildman–Crippen MR) is 86.3 cm³/mol. The van der Waals surface area contributed by atoms with Crippen molar-refractivity contribution in [1.29, 1.82) is 0 Å². The molecule has 1 aliphatic heterocycles. The number of aromatic amines is 1. The molecular weight excluding hydrogens is 314 g/mol. The van der Waals surface area contributed by atoms with E-state index in [2.05, 4.69) is 31.0 Å². The molecule has 10 heteroatoms. The Labute approximate surface area is 135 Å². The first kappa shape index (κ1) is 14.3. The number of pyridine rings is 1. The molecule has 4 rings (SSSR count). The summed E-state index contributed by atoms with van der Waals surface area (Å²) in [5.41, 5.74) is 1.90. The van der Waals surface area contributed by atoms with Gasteiger partial charge < -0.3 is 15.4 Å². The third kappa shape index (κ3) is 2.70. The van der Waals surface area contributed by atoms with Gasteiger partial charge >= 0.3 is 5.69 Å². The van der Waals surface area contributed by atoms with E-state index >= 15 is 0 Å². The molecule has 1 aromatic carbocycles. The van der Waals surface area contributed by atoms with Crippen LogP contribution in [0.2, 0.25) is 0 Å². The van der Waals surface area contributed by atoms with Crippen LogP contribution < -0.4 is 10.6 Å². The molecule has 0 aliphatic carbocycles. The number of nitro groups is 1. The van der Waals surface area contributed by atoms with E-state index in [1.165, 1.54) is 6.07 Å². The molecule has 3 aromatic rings. The van der Waals surface area contributed by atoms with Crippen molar-refractivity contribution in [3.05, 3.63) is 40.4 Å². The SMILES string of the molecule is O=[N+]([O-])c1ccc(NC2COC2)nc1Nc1ccc2n[nH]nc2c1. The van der Waals surface area contributed by atoms with E-state index < -0.39 is 4.92 Å². The van der Waals surface area contributed by atoms with Gasteiger partial charge in [0, 0.05) is 11.8 Å². The lowest BCUT2D eigenvalue weighted by Crippen LogP contribution is -2.40. The van der Waals surface area contributed by atoms with Crippen molar-refractivity contribution in [2.24, 2.45) is 0 Å². The van der Waals surface area contributed by atoms with Crippen molar-refractivity contribution in [2.75, 3.05) is 23.8 Å². The second-order valence-electron chi connectivity index (χ2n) is 5.35. The molecule has 2 aromatic heterocycles. The van der Waals surface area contributed by atoms with Crippen molar-refractivity contribution in [3.63, 3.8) is 0 Å². The number of ether oxygens (including phenoxy) is 1. The lowest BCUT2D eigenvalue weighted by Gasteiger charge is -2.27. The Bertz CT molecular complexity index is 906. The smallest absolute Gasteiger partial charge is 0.311 e. The molecule has 122 valence electrons. The van der Waals surface area contributed by atoms with E-state index in [0.29, 0.717) is 35.8 Å². The van der Waals surface area contributed by atoms with E-state index in [-0.39, 0.29) is 17.5 Å². The molecule has 0 radical (unpaired) electrons. The molecule has 3 N–H and O–H groups in total. The van der Waals surface area contributed by atoms with Gasteiger partial charge in [0.2, 0.25) is 5.82 Å². The van der Waals surface area contributed by atoms with Crippen LogP contribution in [0.1, 0.15) is 0 Å². The first-order valence-electron chi connectivity index (χ1n) is 7.26. The van der Waals surface area contributed by atoms with Crippen LogP contribution in [0.25, 0.3) is 11.0 Å². The molecule has 0 unspecified atom stereocenters. The summed E-state index contributed by atoms with van der Waals surface area (Å²) in [7, 11) is 0. The summed E-state index contributed by atoms with van der Waals surface area (Å²) in [5.74, 6) is 0.715. The molecule has 0 amide bonds. The lowest BCUT2D eigenvalue weighted by molar-refractivity contribution is -0.384. The van der Waals surface area contributed by atoms with Crippen LogP contribution in [0.3, 0.4) is 0 Å². The highest BCUT2D eigenvalue weighted by Crippen LogP contribution is 2.28. The molecule has 0 atom stereocenters. The van der Waals surface area contributed by atoms with Crippen LogP contribution in [0, 0.1) is 10.1 Å². The molecule has 0 spiro atoms. The first-order chi connectivity index (χ1) is 11.7. The molecule has 0 saturated carbocycles. The van der Waals surface area contributed by atoms with Gasteiger partial charge in [0.05, 0.1) is 24.2 Å². The Kier molecular flexibility index (Phi) is 3.43. The summed E-state index contributed by atoms with van der Waals surface area (Å²) in [6.07, 6.45) is 0. The Balaban J connectivity index is 1.65. The quantitative estimate of drug-likeness (QED) is 0.477. The largest absolute Gasteiger partial charge is 0.377 e. The molecule has 1 aliphatic rings. The minimum Gasteiger partial charge on any atom is -0.377 e. The third-order valence-corrected chi connectivity index (χ3v) is 3.64. The third-order valence-electron chi connectivity index (χ3n) is 3.64. The van der Waals surface area contributed by atoms with E-state index in [4.69, 9.17) is 4.74 Å². The highest BCUT2D eigenvalue weighted by atomic mass is 16.6. The average Bonchev–Trinajstić information content (AvgIpc) is 2.98. The predicted octanol–water partition coefficient (Wildman–Crippen LogP) is 1.82. The summed E-state index contributed by atoms with van der Waals surface area (Å²) >= 11 is 0. The summed E-state index contributed by atoms with van der Waals surface area (Å²) in [5, 5.41) is 27.9. The second kappa shape index (κ2) is 5.74. The Hall–Kier alpha value is -3.27. The molecule has 24 heavy (non-hydrogen) atoms. The van der Waals surface area contributed by atoms with Gasteiger partial charge in [-0.2, -0.15) is 15.4 Å². The molecule has 10 nitrogen and oxygen atoms in total. The van der Waals surface area contributed by atoms with Crippen LogP contribution in [0.5, 0.6) is 0 Å². The number of benzene rings is 1. The Morgan fingerprint density at radius 3 is 2.79 bits per heavy atom. The van der Waals surface area contributed by atoms with Gasteiger partial charge in [0.15, 0.2) is 0 Å². The van der Waals surface area contributed by atoms with Crippen LogP contribution in [-0.2, 0) is 4.74 Å². The highest BCUT2D eigenvalue weighted by Gasteiger charge is 2.21. The van der Waals surface area contributed by atoms with Crippen LogP contribution in [-0.4, -0.2) is 44.6 Å². The van der Waals surface area contributed by atoms with E-state index in [1.54, 1.807) is 24.3 Å². The molecule has 1 fully saturated rings. The zero-order valence-electron chi connectivity index (χ0n) is 12.4. The van der Waals surface area contributed by atoms with Gasteiger partial charge in [-0.3, -0.25) is 10.1 Å². The number of hydrogen-bond acceptors (Lipinski definition) is 8. The molecule has 3 heterocycles. The van der Waals surface area contributed by atoms with Crippen molar-refractivity contribution in [2.45, 2.75) is 6.04 Å². The van der Waals surface area contributed by atoms with Gasteiger partial charge in [-0.1, -0.05) is 0 Å². The van der Waals surface area contributed by atoms with E-state index in [0.717, 1.165) is 0 Å². The van der Waals surface area contributed by atoms with Gasteiger partial charge in [-0.15, -0.1) is 0 Å². The number of aromatic nitrogens is 4. The Morgan fingerprint density at radius 2 is 2.04 bits per heavy atom. The first-order valence-corrected chi connectivity index (χ1v) is 7.26. The second-order valence-corrected chi connectivity index (χ2v) is 5.35. The van der Waals surface area contributed by atoms with E-state index in [9.17, 15) is 10.1 Å². The molecular formula is C14H13N7O3. The zero-order valence-corrected chi connectivity index (χ0v) is 12.4. The van der Waals surface area contributed by atoms with Gasteiger partial charge in [0.25, 0.3) is 0 Å². The number of fused-ring (bicyclic) bond motifs is 1. The van der Waals surface area contributed by atoms with Crippen LogP contribution >= 0.6 is 0 Å². The fourth-order valence-electron chi connectivity index (χ4n) is 2.35. The lowest BCUT2D eigenvalue weighted by atomic mass is 10.2. The maximum absolute atomic E-state index is 11.2. The van der Waals surface area contributed by atoms with Crippen LogP contribution in [0.15, 0.2) is 30.3 Å². The fraction of sp³-hybridized carbons (Fsp3) is 0.214. The highest BCUT2D eigenvalue weighted by molar-refractivity contribution is 5.80. The number of rotatable bonds is 5. The van der Waals surface area contributed by atoms with Crippen molar-refractivity contribution in [3.8, 4) is 0 Å². The average molecular weight is 327 g/mol.